The standard InChI is InChI=1S/C20H18O4/c1-12(2)14-6-4-13(5-7-14)10-18-19(21)16-11-15(20(22)23-3)8-9-17(16)24-18/h4-12H,1-3H3/b18-10-. The zero-order valence-corrected chi connectivity index (χ0v) is 13.8. The van der Waals surface area contributed by atoms with Crippen LogP contribution in [-0.4, -0.2) is 18.9 Å². The number of allylic oxidation sites excluding steroid dienone is 1. The van der Waals surface area contributed by atoms with E-state index < -0.39 is 5.97 Å². The van der Waals surface area contributed by atoms with E-state index in [1.165, 1.54) is 18.7 Å². The molecule has 4 heteroatoms. The molecular formula is C20H18O4. The maximum absolute atomic E-state index is 12.5. The molecule has 0 bridgehead atoms. The van der Waals surface area contributed by atoms with Crippen molar-refractivity contribution in [2.24, 2.45) is 0 Å². The van der Waals surface area contributed by atoms with E-state index in [2.05, 4.69) is 18.6 Å². The number of fused-ring (bicyclic) bond motifs is 1. The van der Waals surface area contributed by atoms with Crippen LogP contribution in [0.15, 0.2) is 48.2 Å². The van der Waals surface area contributed by atoms with E-state index in [-0.39, 0.29) is 11.5 Å². The molecule has 0 aromatic heterocycles. The van der Waals surface area contributed by atoms with Gasteiger partial charge in [-0.25, -0.2) is 4.79 Å². The summed E-state index contributed by atoms with van der Waals surface area (Å²) in [6.07, 6.45) is 1.71. The maximum atomic E-state index is 12.5. The Morgan fingerprint density at radius 3 is 2.46 bits per heavy atom. The Kier molecular flexibility index (Phi) is 4.21. The van der Waals surface area contributed by atoms with Crippen molar-refractivity contribution in [2.45, 2.75) is 19.8 Å². The molecule has 24 heavy (non-hydrogen) atoms. The Hall–Kier alpha value is -2.88. The third kappa shape index (κ3) is 2.95. The first-order valence-corrected chi connectivity index (χ1v) is 7.76. The lowest BCUT2D eigenvalue weighted by molar-refractivity contribution is 0.0600. The average molecular weight is 322 g/mol. The van der Waals surface area contributed by atoms with Crippen LogP contribution in [0.4, 0.5) is 0 Å². The Morgan fingerprint density at radius 1 is 1.12 bits per heavy atom. The minimum atomic E-state index is -0.479. The zero-order chi connectivity index (χ0) is 17.3. The fourth-order valence-electron chi connectivity index (χ4n) is 2.56. The molecule has 2 aromatic carbocycles. The average Bonchev–Trinajstić information content (AvgIpc) is 2.90. The monoisotopic (exact) mass is 322 g/mol. The van der Waals surface area contributed by atoms with E-state index in [1.54, 1.807) is 18.2 Å². The van der Waals surface area contributed by atoms with Gasteiger partial charge in [-0.3, -0.25) is 4.79 Å². The van der Waals surface area contributed by atoms with Crippen LogP contribution in [0, 0.1) is 0 Å². The predicted octanol–water partition coefficient (Wildman–Crippen LogP) is 4.21. The van der Waals surface area contributed by atoms with Crippen molar-refractivity contribution in [3.8, 4) is 5.75 Å². The van der Waals surface area contributed by atoms with Crippen LogP contribution in [0.25, 0.3) is 6.08 Å². The molecule has 0 unspecified atom stereocenters. The summed E-state index contributed by atoms with van der Waals surface area (Å²) in [6, 6.07) is 12.7. The van der Waals surface area contributed by atoms with Crippen molar-refractivity contribution >= 4 is 17.8 Å². The van der Waals surface area contributed by atoms with Gasteiger partial charge in [-0.05, 0) is 41.3 Å². The molecule has 122 valence electrons. The van der Waals surface area contributed by atoms with Gasteiger partial charge in [0.1, 0.15) is 5.75 Å². The fourth-order valence-corrected chi connectivity index (χ4v) is 2.56. The molecule has 1 heterocycles. The molecule has 0 spiro atoms. The lowest BCUT2D eigenvalue weighted by atomic mass is 10.0. The van der Waals surface area contributed by atoms with Crippen molar-refractivity contribution in [3.63, 3.8) is 0 Å². The summed E-state index contributed by atoms with van der Waals surface area (Å²) >= 11 is 0. The molecule has 0 saturated carbocycles. The molecule has 0 amide bonds. The van der Waals surface area contributed by atoms with Crippen molar-refractivity contribution in [1.29, 1.82) is 0 Å². The van der Waals surface area contributed by atoms with Crippen LogP contribution in [0.3, 0.4) is 0 Å². The number of methoxy groups -OCH3 is 1. The highest BCUT2D eigenvalue weighted by molar-refractivity contribution is 6.15. The highest BCUT2D eigenvalue weighted by atomic mass is 16.5. The molecule has 4 nitrogen and oxygen atoms in total. The second-order valence-corrected chi connectivity index (χ2v) is 5.96. The third-order valence-electron chi connectivity index (χ3n) is 3.99. The van der Waals surface area contributed by atoms with Crippen LogP contribution in [0.5, 0.6) is 5.75 Å². The van der Waals surface area contributed by atoms with Crippen LogP contribution in [0.1, 0.15) is 51.6 Å². The Morgan fingerprint density at radius 2 is 1.83 bits per heavy atom. The van der Waals surface area contributed by atoms with Crippen molar-refractivity contribution in [3.05, 3.63) is 70.5 Å². The summed E-state index contributed by atoms with van der Waals surface area (Å²) < 4.78 is 10.3. The summed E-state index contributed by atoms with van der Waals surface area (Å²) in [5.41, 5.74) is 2.84. The first-order valence-electron chi connectivity index (χ1n) is 7.76. The molecular weight excluding hydrogens is 304 g/mol. The number of esters is 1. The number of Topliss-reactive ketones (excluding diaryl/α,β-unsaturated/α-hetero) is 1. The summed E-state index contributed by atoms with van der Waals surface area (Å²) in [4.78, 5) is 24.1. The molecule has 2 aromatic rings. The van der Waals surface area contributed by atoms with E-state index in [9.17, 15) is 9.59 Å². The van der Waals surface area contributed by atoms with E-state index >= 15 is 0 Å². The van der Waals surface area contributed by atoms with Gasteiger partial charge in [-0.1, -0.05) is 38.1 Å². The molecule has 0 N–H and O–H groups in total. The number of rotatable bonds is 3. The number of carbonyl (C=O) groups is 2. The highest BCUT2D eigenvalue weighted by Crippen LogP contribution is 2.32. The summed E-state index contributed by atoms with van der Waals surface area (Å²) in [7, 11) is 1.31. The van der Waals surface area contributed by atoms with E-state index in [4.69, 9.17) is 4.74 Å². The number of ketones is 1. The highest BCUT2D eigenvalue weighted by Gasteiger charge is 2.28. The van der Waals surface area contributed by atoms with E-state index in [0.29, 0.717) is 22.8 Å². The van der Waals surface area contributed by atoms with Gasteiger partial charge in [-0.2, -0.15) is 0 Å². The molecule has 1 aliphatic heterocycles. The Bertz CT molecular complexity index is 829. The molecule has 0 atom stereocenters. The first kappa shape index (κ1) is 16.0. The third-order valence-corrected chi connectivity index (χ3v) is 3.99. The number of hydrogen-bond donors (Lipinski definition) is 0. The molecule has 0 aliphatic carbocycles. The summed E-state index contributed by atoms with van der Waals surface area (Å²) in [5, 5.41) is 0. The number of carbonyl (C=O) groups excluding carboxylic acids is 2. The van der Waals surface area contributed by atoms with Crippen LogP contribution in [-0.2, 0) is 4.74 Å². The fraction of sp³-hybridized carbons (Fsp3) is 0.200. The number of hydrogen-bond acceptors (Lipinski definition) is 4. The van der Waals surface area contributed by atoms with Gasteiger partial charge < -0.3 is 9.47 Å². The number of benzene rings is 2. The largest absolute Gasteiger partial charge is 0.465 e. The van der Waals surface area contributed by atoms with Crippen LogP contribution < -0.4 is 4.74 Å². The summed E-state index contributed by atoms with van der Waals surface area (Å²) in [5.74, 6) is 0.454. The van der Waals surface area contributed by atoms with Gasteiger partial charge in [-0.15, -0.1) is 0 Å². The molecule has 1 aliphatic rings. The zero-order valence-electron chi connectivity index (χ0n) is 13.8. The minimum absolute atomic E-state index is 0.233. The second-order valence-electron chi connectivity index (χ2n) is 5.96. The predicted molar refractivity (Wildman–Crippen MR) is 91.2 cm³/mol. The minimum Gasteiger partial charge on any atom is -0.465 e. The van der Waals surface area contributed by atoms with Crippen molar-refractivity contribution < 1.29 is 19.1 Å². The molecule has 0 saturated heterocycles. The number of ether oxygens (including phenoxy) is 2. The van der Waals surface area contributed by atoms with Gasteiger partial charge in [0, 0.05) is 0 Å². The Balaban J connectivity index is 1.89. The smallest absolute Gasteiger partial charge is 0.337 e. The quantitative estimate of drug-likeness (QED) is 0.627. The van der Waals surface area contributed by atoms with Gasteiger partial charge >= 0.3 is 5.97 Å². The molecule has 0 radical (unpaired) electrons. The van der Waals surface area contributed by atoms with Crippen LogP contribution in [0.2, 0.25) is 0 Å². The molecule has 3 rings (SSSR count). The van der Waals surface area contributed by atoms with Crippen molar-refractivity contribution in [1.82, 2.24) is 0 Å². The first-order chi connectivity index (χ1) is 11.5. The van der Waals surface area contributed by atoms with Crippen molar-refractivity contribution in [2.75, 3.05) is 7.11 Å². The Labute approximate surface area is 140 Å². The lowest BCUT2D eigenvalue weighted by Gasteiger charge is -2.05. The van der Waals surface area contributed by atoms with Gasteiger partial charge in [0.2, 0.25) is 5.78 Å². The van der Waals surface area contributed by atoms with Gasteiger partial charge in [0.05, 0.1) is 18.2 Å². The SMILES string of the molecule is COC(=O)c1ccc2c(c1)C(=O)/C(=C/c1ccc(C(C)C)cc1)O2. The maximum Gasteiger partial charge on any atom is 0.337 e. The topological polar surface area (TPSA) is 52.6 Å². The normalized spacial score (nSPS) is 14.7. The van der Waals surface area contributed by atoms with E-state index in [0.717, 1.165) is 5.56 Å². The van der Waals surface area contributed by atoms with E-state index in [1.807, 2.05) is 24.3 Å². The second kappa shape index (κ2) is 6.32. The van der Waals surface area contributed by atoms with Crippen LogP contribution >= 0.6 is 0 Å². The summed E-state index contributed by atoms with van der Waals surface area (Å²) in [6.45, 7) is 4.26. The van der Waals surface area contributed by atoms with Gasteiger partial charge in [0.25, 0.3) is 0 Å². The molecule has 0 fully saturated rings. The van der Waals surface area contributed by atoms with Gasteiger partial charge in [0.15, 0.2) is 5.76 Å². The lowest BCUT2D eigenvalue weighted by Crippen LogP contribution is -2.02.